The highest BCUT2D eigenvalue weighted by Crippen LogP contribution is 2.21. The Hall–Kier alpha value is -1.26. The van der Waals surface area contributed by atoms with Gasteiger partial charge in [-0.3, -0.25) is 0 Å². The summed E-state index contributed by atoms with van der Waals surface area (Å²) in [5, 5.41) is 3.29. The van der Waals surface area contributed by atoms with Crippen LogP contribution in [0.5, 0.6) is 6.08 Å². The van der Waals surface area contributed by atoms with Crippen LogP contribution >= 0.6 is 12.4 Å². The Morgan fingerprint density at radius 2 is 2.24 bits per heavy atom. The number of para-hydroxylation sites is 2. The molecule has 2 heterocycles. The lowest BCUT2D eigenvalue weighted by Gasteiger charge is -2.21. The minimum atomic E-state index is 0. The standard InChI is InChI=1S/C12H14N2O2.ClH/c1-2-6-11-10(5-1)14-12(16-11)15-9-4-3-7-13-8-9;/h1-2,5-6,9,13H,3-4,7-8H2;1H/t9-;/m1./s1. The van der Waals surface area contributed by atoms with Crippen molar-refractivity contribution in [3.8, 4) is 6.08 Å². The molecule has 3 rings (SSSR count). The molecule has 0 unspecified atom stereocenters. The molecule has 0 bridgehead atoms. The van der Waals surface area contributed by atoms with Crippen molar-refractivity contribution >= 4 is 23.5 Å². The van der Waals surface area contributed by atoms with Crippen molar-refractivity contribution in [3.05, 3.63) is 24.3 Å². The third-order valence-corrected chi connectivity index (χ3v) is 2.79. The minimum absolute atomic E-state index is 0. The predicted molar refractivity (Wildman–Crippen MR) is 67.8 cm³/mol. The number of hydrogen-bond acceptors (Lipinski definition) is 4. The fraction of sp³-hybridized carbons (Fsp3) is 0.417. The summed E-state index contributed by atoms with van der Waals surface area (Å²) in [4.78, 5) is 4.29. The van der Waals surface area contributed by atoms with Gasteiger partial charge in [0.25, 0.3) is 0 Å². The van der Waals surface area contributed by atoms with Gasteiger partial charge in [-0.1, -0.05) is 12.1 Å². The van der Waals surface area contributed by atoms with Crippen LogP contribution in [0.1, 0.15) is 12.8 Å². The molecule has 1 saturated heterocycles. The molecule has 1 aromatic heterocycles. The smallest absolute Gasteiger partial charge is 0.394 e. The van der Waals surface area contributed by atoms with Gasteiger partial charge in [0, 0.05) is 6.54 Å². The fourth-order valence-electron chi connectivity index (χ4n) is 1.96. The molecule has 92 valence electrons. The third kappa shape index (κ3) is 2.70. The van der Waals surface area contributed by atoms with Crippen LogP contribution < -0.4 is 10.1 Å². The second-order valence-electron chi connectivity index (χ2n) is 4.03. The number of rotatable bonds is 2. The maximum absolute atomic E-state index is 5.70. The quantitative estimate of drug-likeness (QED) is 0.894. The average molecular weight is 255 g/mol. The number of ether oxygens (including phenoxy) is 1. The number of halogens is 1. The third-order valence-electron chi connectivity index (χ3n) is 2.79. The van der Waals surface area contributed by atoms with Crippen molar-refractivity contribution in [2.75, 3.05) is 13.1 Å². The van der Waals surface area contributed by atoms with Gasteiger partial charge in [0.15, 0.2) is 5.58 Å². The number of fused-ring (bicyclic) bond motifs is 1. The maximum Gasteiger partial charge on any atom is 0.394 e. The van der Waals surface area contributed by atoms with E-state index in [9.17, 15) is 0 Å². The lowest BCUT2D eigenvalue weighted by molar-refractivity contribution is 0.125. The van der Waals surface area contributed by atoms with Crippen LogP contribution in [0.15, 0.2) is 28.7 Å². The van der Waals surface area contributed by atoms with Crippen LogP contribution in [-0.2, 0) is 0 Å². The Balaban J connectivity index is 0.00000108. The van der Waals surface area contributed by atoms with E-state index >= 15 is 0 Å². The zero-order valence-electron chi connectivity index (χ0n) is 9.39. The van der Waals surface area contributed by atoms with Gasteiger partial charge in [-0.05, 0) is 31.5 Å². The molecule has 5 heteroatoms. The average Bonchev–Trinajstić information content (AvgIpc) is 2.72. The molecule has 1 aliphatic rings. The molecule has 4 nitrogen and oxygen atoms in total. The van der Waals surface area contributed by atoms with Gasteiger partial charge in [-0.25, -0.2) is 0 Å². The van der Waals surface area contributed by atoms with Crippen LogP contribution in [0, 0.1) is 0 Å². The second kappa shape index (κ2) is 5.38. The molecule has 0 amide bonds. The molecular formula is C12H15ClN2O2. The highest BCUT2D eigenvalue weighted by Gasteiger charge is 2.17. The highest BCUT2D eigenvalue weighted by atomic mass is 35.5. The van der Waals surface area contributed by atoms with Crippen molar-refractivity contribution in [2.24, 2.45) is 0 Å². The summed E-state index contributed by atoms with van der Waals surface area (Å²) in [6.45, 7) is 1.95. The van der Waals surface area contributed by atoms with Crippen LogP contribution in [0.2, 0.25) is 0 Å². The summed E-state index contributed by atoms with van der Waals surface area (Å²) in [5.74, 6) is 0. The predicted octanol–water partition coefficient (Wildman–Crippen LogP) is 2.38. The monoisotopic (exact) mass is 254 g/mol. The number of hydrogen-bond donors (Lipinski definition) is 1. The Kier molecular flexibility index (Phi) is 3.86. The summed E-state index contributed by atoms with van der Waals surface area (Å²) in [6.07, 6.45) is 2.77. The van der Waals surface area contributed by atoms with Crippen molar-refractivity contribution in [1.82, 2.24) is 10.3 Å². The van der Waals surface area contributed by atoms with Gasteiger partial charge in [-0.15, -0.1) is 12.4 Å². The van der Waals surface area contributed by atoms with E-state index in [0.717, 1.165) is 37.0 Å². The Labute approximate surface area is 106 Å². The Morgan fingerprint density at radius 1 is 1.35 bits per heavy atom. The fourth-order valence-corrected chi connectivity index (χ4v) is 1.96. The van der Waals surface area contributed by atoms with Gasteiger partial charge < -0.3 is 14.5 Å². The van der Waals surface area contributed by atoms with E-state index in [-0.39, 0.29) is 18.5 Å². The zero-order chi connectivity index (χ0) is 10.8. The van der Waals surface area contributed by atoms with Crippen molar-refractivity contribution in [3.63, 3.8) is 0 Å². The lowest BCUT2D eigenvalue weighted by atomic mass is 10.1. The largest absolute Gasteiger partial charge is 0.445 e. The number of nitrogens with one attached hydrogen (secondary N) is 1. The zero-order valence-corrected chi connectivity index (χ0v) is 10.2. The first-order chi connectivity index (χ1) is 7.92. The van der Waals surface area contributed by atoms with Gasteiger partial charge >= 0.3 is 6.08 Å². The molecule has 0 spiro atoms. The van der Waals surface area contributed by atoms with E-state index < -0.39 is 0 Å². The molecule has 1 fully saturated rings. The Bertz CT molecular complexity index is 447. The van der Waals surface area contributed by atoms with E-state index in [1.54, 1.807) is 0 Å². The summed E-state index contributed by atoms with van der Waals surface area (Å²) < 4.78 is 11.2. The van der Waals surface area contributed by atoms with E-state index in [1.807, 2.05) is 24.3 Å². The van der Waals surface area contributed by atoms with Crippen molar-refractivity contribution in [1.29, 1.82) is 0 Å². The van der Waals surface area contributed by atoms with Gasteiger partial charge in [0.1, 0.15) is 11.6 Å². The molecule has 0 saturated carbocycles. The Morgan fingerprint density at radius 3 is 3.00 bits per heavy atom. The second-order valence-corrected chi connectivity index (χ2v) is 4.03. The van der Waals surface area contributed by atoms with Crippen molar-refractivity contribution < 1.29 is 9.15 Å². The molecule has 1 atom stereocenters. The first kappa shape index (κ1) is 12.2. The number of piperidine rings is 1. The summed E-state index contributed by atoms with van der Waals surface area (Å²) >= 11 is 0. The summed E-state index contributed by atoms with van der Waals surface area (Å²) in [7, 11) is 0. The van der Waals surface area contributed by atoms with E-state index in [4.69, 9.17) is 9.15 Å². The molecule has 17 heavy (non-hydrogen) atoms. The first-order valence-electron chi connectivity index (χ1n) is 5.65. The van der Waals surface area contributed by atoms with Crippen LogP contribution in [-0.4, -0.2) is 24.2 Å². The van der Waals surface area contributed by atoms with Crippen LogP contribution in [0.3, 0.4) is 0 Å². The number of aromatic nitrogens is 1. The first-order valence-corrected chi connectivity index (χ1v) is 5.65. The van der Waals surface area contributed by atoms with Crippen LogP contribution in [0.25, 0.3) is 11.1 Å². The van der Waals surface area contributed by atoms with Gasteiger partial charge in [0.2, 0.25) is 0 Å². The normalized spacial score (nSPS) is 19.9. The molecule has 2 aromatic rings. The number of oxazole rings is 1. The van der Waals surface area contributed by atoms with E-state index in [2.05, 4.69) is 10.3 Å². The molecule has 1 N–H and O–H groups in total. The lowest BCUT2D eigenvalue weighted by Crippen LogP contribution is -2.37. The van der Waals surface area contributed by atoms with Gasteiger partial charge in [0.05, 0.1) is 0 Å². The van der Waals surface area contributed by atoms with Crippen molar-refractivity contribution in [2.45, 2.75) is 18.9 Å². The maximum atomic E-state index is 5.70. The summed E-state index contributed by atoms with van der Waals surface area (Å²) in [5.41, 5.74) is 1.63. The number of nitrogens with zero attached hydrogens (tertiary/aromatic N) is 1. The molecule has 1 aromatic carbocycles. The molecule has 0 aliphatic carbocycles. The van der Waals surface area contributed by atoms with E-state index in [1.165, 1.54) is 0 Å². The van der Waals surface area contributed by atoms with Crippen LogP contribution in [0.4, 0.5) is 0 Å². The summed E-state index contributed by atoms with van der Waals surface area (Å²) in [6, 6.07) is 7.69. The molecular weight excluding hydrogens is 240 g/mol. The topological polar surface area (TPSA) is 47.3 Å². The number of benzene rings is 1. The van der Waals surface area contributed by atoms with E-state index in [0.29, 0.717) is 6.08 Å². The SMILES string of the molecule is Cl.c1ccc2oc(O[C@@H]3CCCNC3)nc2c1. The molecule has 1 aliphatic heterocycles. The highest BCUT2D eigenvalue weighted by molar-refractivity contribution is 5.85. The van der Waals surface area contributed by atoms with Gasteiger partial charge in [-0.2, -0.15) is 4.98 Å². The minimum Gasteiger partial charge on any atom is -0.445 e. The molecule has 0 radical (unpaired) electrons.